The Labute approximate surface area is 154 Å². The summed E-state index contributed by atoms with van der Waals surface area (Å²) in [7, 11) is 3.79. The number of fused-ring (bicyclic) bond motifs is 1. The van der Waals surface area contributed by atoms with Gasteiger partial charge in [0.15, 0.2) is 0 Å². The molecule has 2 N–H and O–H groups in total. The van der Waals surface area contributed by atoms with Crippen LogP contribution < -0.4 is 10.6 Å². The van der Waals surface area contributed by atoms with Crippen LogP contribution in [0.4, 0.5) is 24.7 Å². The number of benzene rings is 1. The van der Waals surface area contributed by atoms with E-state index in [1.54, 1.807) is 6.20 Å². The molecule has 27 heavy (non-hydrogen) atoms. The Morgan fingerprint density at radius 3 is 2.74 bits per heavy atom. The maximum atomic E-state index is 13.0. The molecule has 0 saturated carbocycles. The summed E-state index contributed by atoms with van der Waals surface area (Å²) < 4.78 is 39.0. The molecule has 1 aliphatic rings. The minimum absolute atomic E-state index is 0.251. The summed E-state index contributed by atoms with van der Waals surface area (Å²) in [5.41, 5.74) is 1.64. The molecule has 1 aromatic carbocycles. The van der Waals surface area contributed by atoms with Crippen molar-refractivity contribution in [2.45, 2.75) is 18.8 Å². The van der Waals surface area contributed by atoms with E-state index in [2.05, 4.69) is 15.6 Å². The maximum absolute atomic E-state index is 13.0. The van der Waals surface area contributed by atoms with Crippen LogP contribution in [0.2, 0.25) is 0 Å². The number of nitrogens with zero attached hydrogens (tertiary/aromatic N) is 2. The minimum atomic E-state index is -4.44. The first-order valence-electron chi connectivity index (χ1n) is 8.28. The standard InChI is InChI=1S/C19H19F3N4O/c1-26(2)10-15-8-12-6-7-23-16(11-27)17(12)18(25-15)24-14-5-3-4-13(9-14)19(20,21)22/h3-9,11,16,23H,10H2,1-2H3,(H,24,25). The van der Waals surface area contributed by atoms with Crippen LogP contribution in [0.5, 0.6) is 0 Å². The quantitative estimate of drug-likeness (QED) is 0.779. The Hall–Kier alpha value is -2.87. The molecule has 1 atom stereocenters. The summed E-state index contributed by atoms with van der Waals surface area (Å²) in [5.74, 6) is 0.359. The minimum Gasteiger partial charge on any atom is -0.378 e. The van der Waals surface area contributed by atoms with Crippen LogP contribution in [0.1, 0.15) is 28.4 Å². The van der Waals surface area contributed by atoms with E-state index < -0.39 is 17.8 Å². The van der Waals surface area contributed by atoms with Crippen LogP contribution in [0.3, 0.4) is 0 Å². The summed E-state index contributed by atoms with van der Waals surface area (Å²) >= 11 is 0. The SMILES string of the molecule is CN(C)Cc1cc2c(c(Nc3cccc(C(F)(F)F)c3)n1)C(C=O)NC=C2. The van der Waals surface area contributed by atoms with E-state index in [9.17, 15) is 18.0 Å². The van der Waals surface area contributed by atoms with Crippen LogP contribution in [-0.4, -0.2) is 30.3 Å². The fourth-order valence-corrected chi connectivity index (χ4v) is 2.94. The van der Waals surface area contributed by atoms with E-state index >= 15 is 0 Å². The third-order valence-electron chi connectivity index (χ3n) is 4.06. The summed E-state index contributed by atoms with van der Waals surface area (Å²) in [5, 5.41) is 5.89. The highest BCUT2D eigenvalue weighted by molar-refractivity contribution is 5.77. The molecule has 0 radical (unpaired) electrons. The third-order valence-corrected chi connectivity index (χ3v) is 4.06. The van der Waals surface area contributed by atoms with Gasteiger partial charge in [0.05, 0.1) is 11.3 Å². The summed E-state index contributed by atoms with van der Waals surface area (Å²) in [6, 6.07) is 6.14. The van der Waals surface area contributed by atoms with Crippen LogP contribution in [0.15, 0.2) is 36.5 Å². The fourth-order valence-electron chi connectivity index (χ4n) is 2.94. The molecule has 2 aromatic rings. The largest absolute Gasteiger partial charge is 0.416 e. The maximum Gasteiger partial charge on any atom is 0.416 e. The van der Waals surface area contributed by atoms with Crippen molar-refractivity contribution in [2.75, 3.05) is 19.4 Å². The van der Waals surface area contributed by atoms with Crippen LogP contribution >= 0.6 is 0 Å². The predicted molar refractivity (Wildman–Crippen MR) is 97.3 cm³/mol. The lowest BCUT2D eigenvalue weighted by molar-refractivity contribution is -0.137. The third kappa shape index (κ3) is 4.28. The average molecular weight is 376 g/mol. The summed E-state index contributed by atoms with van der Waals surface area (Å²) in [4.78, 5) is 17.9. The van der Waals surface area contributed by atoms with E-state index in [4.69, 9.17) is 0 Å². The number of halogens is 3. The lowest BCUT2D eigenvalue weighted by atomic mass is 9.98. The highest BCUT2D eigenvalue weighted by Crippen LogP contribution is 2.34. The van der Waals surface area contributed by atoms with Gasteiger partial charge in [0, 0.05) is 17.8 Å². The number of carbonyl (C=O) groups is 1. The zero-order valence-corrected chi connectivity index (χ0v) is 14.8. The van der Waals surface area contributed by atoms with Crippen molar-refractivity contribution in [3.63, 3.8) is 0 Å². The van der Waals surface area contributed by atoms with Crippen molar-refractivity contribution in [2.24, 2.45) is 0 Å². The molecule has 1 aromatic heterocycles. The van der Waals surface area contributed by atoms with E-state index in [-0.39, 0.29) is 5.69 Å². The summed E-state index contributed by atoms with van der Waals surface area (Å²) in [6.07, 6.45) is -0.206. The molecule has 0 saturated heterocycles. The number of nitrogens with one attached hydrogen (secondary N) is 2. The van der Waals surface area contributed by atoms with E-state index in [0.717, 1.165) is 29.7 Å². The van der Waals surface area contributed by atoms with Crippen molar-refractivity contribution in [1.82, 2.24) is 15.2 Å². The fraction of sp³-hybridized carbons (Fsp3) is 0.263. The van der Waals surface area contributed by atoms with Gasteiger partial charge >= 0.3 is 6.18 Å². The van der Waals surface area contributed by atoms with Crippen LogP contribution in [-0.2, 0) is 17.5 Å². The second-order valence-corrected chi connectivity index (χ2v) is 6.52. The molecule has 5 nitrogen and oxygen atoms in total. The highest BCUT2D eigenvalue weighted by atomic mass is 19.4. The number of hydrogen-bond donors (Lipinski definition) is 2. The number of rotatable bonds is 5. The molecule has 1 aliphatic heterocycles. The topological polar surface area (TPSA) is 57.3 Å². The van der Waals surface area contributed by atoms with Crippen molar-refractivity contribution in [3.8, 4) is 0 Å². The number of aromatic nitrogens is 1. The number of alkyl halides is 3. The first kappa shape index (κ1) is 18.9. The molecule has 2 heterocycles. The van der Waals surface area contributed by atoms with Crippen molar-refractivity contribution >= 4 is 23.9 Å². The molecule has 142 valence electrons. The van der Waals surface area contributed by atoms with Gasteiger partial charge in [0.2, 0.25) is 0 Å². The predicted octanol–water partition coefficient (Wildman–Crippen LogP) is 3.72. The normalized spacial score (nSPS) is 16.0. The van der Waals surface area contributed by atoms with Gasteiger partial charge in [-0.3, -0.25) is 0 Å². The molecule has 0 fully saturated rings. The van der Waals surface area contributed by atoms with Gasteiger partial charge in [-0.15, -0.1) is 0 Å². The monoisotopic (exact) mass is 376 g/mol. The Morgan fingerprint density at radius 2 is 2.07 bits per heavy atom. The lowest BCUT2D eigenvalue weighted by Gasteiger charge is -2.24. The van der Waals surface area contributed by atoms with Gasteiger partial charge in [-0.05, 0) is 56.2 Å². The van der Waals surface area contributed by atoms with Crippen LogP contribution in [0.25, 0.3) is 6.08 Å². The number of pyridine rings is 1. The van der Waals surface area contributed by atoms with Gasteiger partial charge in [-0.2, -0.15) is 13.2 Å². The second-order valence-electron chi connectivity index (χ2n) is 6.52. The molecule has 0 amide bonds. The Morgan fingerprint density at radius 1 is 1.30 bits per heavy atom. The van der Waals surface area contributed by atoms with Crippen LogP contribution in [0, 0.1) is 0 Å². The zero-order chi connectivity index (χ0) is 19.6. The first-order valence-corrected chi connectivity index (χ1v) is 8.28. The number of carbonyl (C=O) groups excluding carboxylic acids is 1. The molecule has 0 aliphatic carbocycles. The van der Waals surface area contributed by atoms with Gasteiger partial charge in [0.1, 0.15) is 18.1 Å². The molecule has 3 rings (SSSR count). The number of anilines is 2. The molecule has 0 bridgehead atoms. The van der Waals surface area contributed by atoms with Crippen molar-refractivity contribution in [3.05, 3.63) is 58.9 Å². The zero-order valence-electron chi connectivity index (χ0n) is 14.8. The van der Waals surface area contributed by atoms with E-state index in [1.807, 2.05) is 31.1 Å². The lowest BCUT2D eigenvalue weighted by Crippen LogP contribution is -2.23. The Kier molecular flexibility index (Phi) is 5.18. The van der Waals surface area contributed by atoms with Gasteiger partial charge < -0.3 is 20.3 Å². The Bertz CT molecular complexity index is 878. The smallest absolute Gasteiger partial charge is 0.378 e. The van der Waals surface area contributed by atoms with Gasteiger partial charge in [-0.1, -0.05) is 6.07 Å². The second kappa shape index (κ2) is 7.40. The molecule has 1 unspecified atom stereocenters. The summed E-state index contributed by atoms with van der Waals surface area (Å²) in [6.45, 7) is 0.553. The number of hydrogen-bond acceptors (Lipinski definition) is 5. The molecular weight excluding hydrogens is 357 g/mol. The number of aldehydes is 1. The molecule has 0 spiro atoms. The van der Waals surface area contributed by atoms with E-state index in [1.165, 1.54) is 12.1 Å². The van der Waals surface area contributed by atoms with Crippen molar-refractivity contribution < 1.29 is 18.0 Å². The van der Waals surface area contributed by atoms with Gasteiger partial charge in [0.25, 0.3) is 0 Å². The van der Waals surface area contributed by atoms with E-state index in [0.29, 0.717) is 17.9 Å². The Balaban J connectivity index is 2.06. The molecular formula is C19H19F3N4O. The average Bonchev–Trinajstić information content (AvgIpc) is 2.60. The molecule has 8 heteroatoms. The first-order chi connectivity index (χ1) is 12.8. The highest BCUT2D eigenvalue weighted by Gasteiger charge is 2.30. The van der Waals surface area contributed by atoms with Gasteiger partial charge in [-0.25, -0.2) is 4.98 Å². The van der Waals surface area contributed by atoms with Crippen molar-refractivity contribution in [1.29, 1.82) is 0 Å².